The van der Waals surface area contributed by atoms with Crippen molar-refractivity contribution in [1.82, 2.24) is 42.9 Å². The number of carboxylic acid groups (broad SMARTS) is 1. The molecule has 3 aliphatic rings. The second-order valence-corrected chi connectivity index (χ2v) is 23.4. The van der Waals surface area contributed by atoms with Gasteiger partial charge in [-0.05, 0) is 90.5 Å². The number of hydrogen-bond acceptors (Lipinski definition) is 13. The molecule has 6 aromatic rings. The minimum atomic E-state index is -1.27. The fourth-order valence-corrected chi connectivity index (χ4v) is 11.2. The van der Waals surface area contributed by atoms with Crippen molar-refractivity contribution in [1.29, 1.82) is 0 Å². The highest BCUT2D eigenvalue weighted by atomic mass is 35.5. The van der Waals surface area contributed by atoms with Gasteiger partial charge in [-0.2, -0.15) is 0 Å². The molecular formula is C56H71Cl2N11O12. The van der Waals surface area contributed by atoms with Crippen molar-refractivity contribution in [3.05, 3.63) is 123 Å². The Morgan fingerprint density at radius 1 is 0.593 bits per heavy atom. The number of hydrogen-bond donors (Lipinski definition) is 3. The lowest BCUT2D eigenvalue weighted by atomic mass is 10.0. The van der Waals surface area contributed by atoms with Gasteiger partial charge in [0.25, 0.3) is 17.0 Å². The van der Waals surface area contributed by atoms with E-state index in [0.29, 0.717) is 86.6 Å². The molecule has 3 saturated heterocycles. The van der Waals surface area contributed by atoms with Gasteiger partial charge in [0, 0.05) is 89.6 Å². The van der Waals surface area contributed by atoms with E-state index in [4.69, 9.17) is 37.4 Å². The Morgan fingerprint density at radius 3 is 1.38 bits per heavy atom. The van der Waals surface area contributed by atoms with Gasteiger partial charge >= 0.3 is 29.5 Å². The lowest BCUT2D eigenvalue weighted by Crippen LogP contribution is -2.50. The number of nitrogens with zero attached hydrogens (tertiary/aromatic N) is 9. The van der Waals surface area contributed by atoms with E-state index in [2.05, 4.69) is 10.6 Å². The average molecular weight is 1160 g/mol. The third-order valence-electron chi connectivity index (χ3n) is 14.4. The van der Waals surface area contributed by atoms with E-state index in [-0.39, 0.29) is 76.6 Å². The molecule has 7 heterocycles. The molecule has 0 unspecified atom stereocenters. The van der Waals surface area contributed by atoms with Crippen LogP contribution in [0.2, 0.25) is 10.0 Å². The number of carbonyl (C=O) groups is 4. The van der Waals surface area contributed by atoms with Gasteiger partial charge in [-0.15, -0.1) is 0 Å². The molecule has 0 radical (unpaired) electrons. The zero-order valence-corrected chi connectivity index (χ0v) is 48.9. The normalized spacial score (nSPS) is 17.0. The van der Waals surface area contributed by atoms with Gasteiger partial charge in [0.2, 0.25) is 0 Å². The third-order valence-corrected chi connectivity index (χ3v) is 15.2. The van der Waals surface area contributed by atoms with E-state index in [0.717, 1.165) is 21.1 Å². The second kappa shape index (κ2) is 23.9. The highest BCUT2D eigenvalue weighted by Crippen LogP contribution is 2.37. The van der Waals surface area contributed by atoms with Crippen LogP contribution in [0.15, 0.2) is 67.7 Å². The number of benzene rings is 2. The molecule has 9 rings (SSSR count). The van der Waals surface area contributed by atoms with E-state index in [1.165, 1.54) is 30.3 Å². The number of halogens is 2. The van der Waals surface area contributed by atoms with E-state index >= 15 is 0 Å². The number of carboxylic acids is 1. The number of ether oxygens (including phenoxy) is 3. The number of aryl methyl sites for hydroxylation is 2. The molecule has 3 fully saturated rings. The lowest BCUT2D eigenvalue weighted by molar-refractivity contribution is 0.0304. The van der Waals surface area contributed by atoms with Gasteiger partial charge in [-0.1, -0.05) is 59.6 Å². The second-order valence-electron chi connectivity index (χ2n) is 22.6. The van der Waals surface area contributed by atoms with Crippen LogP contribution in [0, 0.1) is 0 Å². The van der Waals surface area contributed by atoms with Crippen LogP contribution in [-0.4, -0.2) is 137 Å². The average Bonchev–Trinajstić information content (AvgIpc) is 4.16. The number of rotatable bonds is 10. The highest BCUT2D eigenvalue weighted by molar-refractivity contribution is 6.31. The summed E-state index contributed by atoms with van der Waals surface area (Å²) in [7, 11) is 5.82. The van der Waals surface area contributed by atoms with Crippen molar-refractivity contribution in [3.63, 3.8) is 0 Å². The molecule has 4 aromatic heterocycles. The third kappa shape index (κ3) is 12.7. The predicted molar refractivity (Wildman–Crippen MR) is 309 cm³/mol. The van der Waals surface area contributed by atoms with Crippen molar-refractivity contribution in [2.75, 3.05) is 62.3 Å². The summed E-state index contributed by atoms with van der Waals surface area (Å²) in [5, 5.41) is 17.2. The quantitative estimate of drug-likeness (QED) is 0.150. The van der Waals surface area contributed by atoms with Crippen LogP contribution in [0.25, 0.3) is 22.1 Å². The lowest BCUT2D eigenvalue weighted by Gasteiger charge is -2.36. The van der Waals surface area contributed by atoms with Gasteiger partial charge in [0.1, 0.15) is 45.0 Å². The van der Waals surface area contributed by atoms with Gasteiger partial charge in [0.15, 0.2) is 0 Å². The number of aromatic carboxylic acids is 1. The number of amides is 3. The maximum atomic E-state index is 14.4. The van der Waals surface area contributed by atoms with E-state index < -0.39 is 51.9 Å². The molecule has 436 valence electrons. The first-order valence-electron chi connectivity index (χ1n) is 26.9. The zero-order valence-electron chi connectivity index (χ0n) is 47.4. The molecular weight excluding hydrogens is 1090 g/mol. The molecule has 25 heteroatoms. The van der Waals surface area contributed by atoms with Gasteiger partial charge < -0.3 is 53.8 Å². The Bertz CT molecular complexity index is 3670. The summed E-state index contributed by atoms with van der Waals surface area (Å²) in [5.41, 5.74) is -1.40. The maximum Gasteiger partial charge on any atom is 0.407 e. The smallest absolute Gasteiger partial charge is 0.407 e. The summed E-state index contributed by atoms with van der Waals surface area (Å²) in [4.78, 5) is 111. The van der Waals surface area contributed by atoms with Crippen LogP contribution < -0.4 is 42.9 Å². The number of alkyl carbamates (subject to hydrolysis) is 2. The summed E-state index contributed by atoms with van der Waals surface area (Å²) < 4.78 is 24.4. The number of carbonyl (C=O) groups excluding carboxylic acids is 3. The summed E-state index contributed by atoms with van der Waals surface area (Å²) in [6.07, 6.45) is 1.68. The summed E-state index contributed by atoms with van der Waals surface area (Å²) in [6, 6.07) is 13.9. The van der Waals surface area contributed by atoms with Gasteiger partial charge in [-0.25, -0.2) is 24.0 Å². The van der Waals surface area contributed by atoms with Crippen LogP contribution >= 0.6 is 23.2 Å². The monoisotopic (exact) mass is 1160 g/mol. The Morgan fingerprint density at radius 2 is 0.988 bits per heavy atom. The molecule has 0 bridgehead atoms. The van der Waals surface area contributed by atoms with Crippen molar-refractivity contribution in [3.8, 4) is 0 Å². The van der Waals surface area contributed by atoms with Crippen LogP contribution in [-0.2, 0) is 55.5 Å². The highest BCUT2D eigenvalue weighted by Gasteiger charge is 2.38. The van der Waals surface area contributed by atoms with Crippen LogP contribution in [0.1, 0.15) is 99.1 Å². The van der Waals surface area contributed by atoms with Crippen LogP contribution in [0.5, 0.6) is 0 Å². The summed E-state index contributed by atoms with van der Waals surface area (Å²) in [6.45, 7) is 14.3. The molecule has 23 nitrogen and oxygen atoms in total. The SMILES string of the molecule is Cn1c(=O)c2c(c(C(=O)N3CCOCC3)c(N3CCC[C@@H](NC(=O)OC(C)(C)C)C3)n2Cc2ccccc2Cl)n(C)c1=O.Cn1c(=O)c2c(c(C(=O)O)c(N3CCC[C@@H](NC(=O)OC(C)(C)C)C3)n2Cc2ccccc2Cl)n(C)c1=O. The number of fused-ring (bicyclic) bond motifs is 2. The van der Waals surface area contributed by atoms with Crippen molar-refractivity contribution < 1.29 is 38.5 Å². The minimum Gasteiger partial charge on any atom is -0.477 e. The molecule has 3 amide bonds. The zero-order chi connectivity index (χ0) is 59.0. The molecule has 2 aromatic carbocycles. The van der Waals surface area contributed by atoms with Crippen LogP contribution in [0.4, 0.5) is 21.2 Å². The maximum absolute atomic E-state index is 14.4. The van der Waals surface area contributed by atoms with Gasteiger partial charge in [-0.3, -0.25) is 32.7 Å². The van der Waals surface area contributed by atoms with Gasteiger partial charge in [0.05, 0.1) is 37.3 Å². The standard InChI is InChI=1S/C30H39ClN6O6.C26H32ClN5O6/c1-30(2,3)43-28(40)32-20-10-8-12-36(18-20)25-22(26(38)35-13-15-42-16-14-35)23-24(27(39)34(5)29(41)33(23)4)37(25)17-19-9-6-7-11-21(19)31;1-26(2,3)38-24(36)28-16-10-8-12-31(14-16)21-18(23(34)35)19-20(22(33)30(5)25(37)29(19)4)32(21)13-15-9-6-7-11-17(15)27/h6-7,9,11,20H,8,10,12-18H2,1-5H3,(H,32,40);6-7,9,11,16H,8,10,12-14H2,1-5H3,(H,28,36)(H,34,35)/t20-;16-/m11/s1. The van der Waals surface area contributed by atoms with Crippen LogP contribution in [0.3, 0.4) is 0 Å². The minimum absolute atomic E-state index is 0.0369. The summed E-state index contributed by atoms with van der Waals surface area (Å²) >= 11 is 13.0. The molecule has 81 heavy (non-hydrogen) atoms. The molecule has 0 aliphatic carbocycles. The number of aromatic nitrogens is 6. The Hall–Kier alpha value is -7.50. The first-order chi connectivity index (χ1) is 38.2. The number of nitrogens with one attached hydrogen (secondary N) is 2. The van der Waals surface area contributed by atoms with E-state index in [1.807, 2.05) is 32.6 Å². The first-order valence-corrected chi connectivity index (χ1v) is 27.6. The number of piperidine rings is 2. The summed E-state index contributed by atoms with van der Waals surface area (Å²) in [5.74, 6) is -0.762. The molecule has 3 N–H and O–H groups in total. The van der Waals surface area contributed by atoms with E-state index in [1.54, 1.807) is 88.4 Å². The predicted octanol–water partition coefficient (Wildman–Crippen LogP) is 5.64. The number of anilines is 2. The molecule has 3 aliphatic heterocycles. The van der Waals surface area contributed by atoms with Crippen molar-refractivity contribution in [2.45, 2.75) is 104 Å². The molecule has 0 saturated carbocycles. The molecule has 0 spiro atoms. The fourth-order valence-electron chi connectivity index (χ4n) is 10.8. The Kier molecular flexibility index (Phi) is 17.6. The van der Waals surface area contributed by atoms with Crippen molar-refractivity contribution in [2.24, 2.45) is 28.2 Å². The topological polar surface area (TPSA) is 248 Å². The Labute approximate surface area is 477 Å². The number of morpholine rings is 1. The fraction of sp³-hybridized carbons (Fsp3) is 0.500. The largest absolute Gasteiger partial charge is 0.477 e. The molecule has 2 atom stereocenters. The first kappa shape index (κ1) is 59.6. The van der Waals surface area contributed by atoms with E-state index in [9.17, 15) is 43.5 Å². The Balaban J connectivity index is 0.000000214. The van der Waals surface area contributed by atoms with Crippen molar-refractivity contribution >= 4 is 81.0 Å².